The predicted octanol–water partition coefficient (Wildman–Crippen LogP) is 0.973. The number of aromatic nitrogens is 3. The summed E-state index contributed by atoms with van der Waals surface area (Å²) in [5.74, 6) is 1.63. The monoisotopic (exact) mass is 374 g/mol. The third-order valence-corrected chi connectivity index (χ3v) is 3.88. The number of aliphatic imine (C=N–C) groups is 1. The van der Waals surface area contributed by atoms with E-state index in [2.05, 4.69) is 32.7 Å². The summed E-state index contributed by atoms with van der Waals surface area (Å²) in [6, 6.07) is 9.90. The molecule has 3 N–H and O–H groups in total. The first-order chi connectivity index (χ1) is 13.2. The van der Waals surface area contributed by atoms with Crippen molar-refractivity contribution in [3.05, 3.63) is 48.0 Å². The zero-order chi connectivity index (χ0) is 19.3. The van der Waals surface area contributed by atoms with E-state index in [9.17, 15) is 5.11 Å². The lowest BCUT2D eigenvalue weighted by atomic mass is 10.2. The van der Waals surface area contributed by atoms with E-state index < -0.39 is 6.10 Å². The summed E-state index contributed by atoms with van der Waals surface area (Å²) in [5, 5.41) is 24.5. The van der Waals surface area contributed by atoms with Gasteiger partial charge < -0.3 is 25.0 Å². The quantitative estimate of drug-likeness (QED) is 0.401. The van der Waals surface area contributed by atoms with Crippen LogP contribution in [0.1, 0.15) is 25.2 Å². The highest BCUT2D eigenvalue weighted by Gasteiger charge is 2.06. The maximum Gasteiger partial charge on any atom is 0.191 e. The van der Waals surface area contributed by atoms with Crippen LogP contribution in [0.2, 0.25) is 0 Å². The maximum absolute atomic E-state index is 10.1. The van der Waals surface area contributed by atoms with E-state index in [0.29, 0.717) is 19.1 Å². The molecule has 0 fully saturated rings. The average molecular weight is 374 g/mol. The van der Waals surface area contributed by atoms with Crippen molar-refractivity contribution >= 4 is 5.96 Å². The third-order valence-electron chi connectivity index (χ3n) is 3.88. The minimum Gasteiger partial charge on any atom is -0.389 e. The number of aliphatic hydroxyl groups excluding tert-OH is 1. The van der Waals surface area contributed by atoms with Gasteiger partial charge in [0.2, 0.25) is 0 Å². The molecule has 2 rings (SSSR count). The fraction of sp³-hybridized carbons (Fsp3) is 0.526. The molecule has 0 saturated carbocycles. The predicted molar refractivity (Wildman–Crippen MR) is 105 cm³/mol. The van der Waals surface area contributed by atoms with Crippen LogP contribution in [0.25, 0.3) is 0 Å². The summed E-state index contributed by atoms with van der Waals surface area (Å²) >= 11 is 0. The van der Waals surface area contributed by atoms with Crippen LogP contribution >= 0.6 is 0 Å². The average Bonchev–Trinajstić information content (AvgIpc) is 3.14. The normalized spacial score (nSPS) is 12.8. The SMILES string of the molecule is CCNC(=NCC(O)COCc1ccccc1)NCCn1cnnc1CC. The Labute approximate surface area is 160 Å². The third kappa shape index (κ3) is 7.76. The van der Waals surface area contributed by atoms with E-state index in [1.54, 1.807) is 6.33 Å². The van der Waals surface area contributed by atoms with Crippen LogP contribution in [0.15, 0.2) is 41.7 Å². The second-order valence-electron chi connectivity index (χ2n) is 6.10. The topological polar surface area (TPSA) is 96.6 Å². The van der Waals surface area contributed by atoms with Gasteiger partial charge in [0.25, 0.3) is 0 Å². The number of rotatable bonds is 11. The number of guanidine groups is 1. The fourth-order valence-corrected chi connectivity index (χ4v) is 2.51. The van der Waals surface area contributed by atoms with E-state index >= 15 is 0 Å². The number of benzene rings is 1. The van der Waals surface area contributed by atoms with Crippen molar-refractivity contribution in [1.29, 1.82) is 0 Å². The van der Waals surface area contributed by atoms with Gasteiger partial charge in [-0.15, -0.1) is 10.2 Å². The van der Waals surface area contributed by atoms with Crippen molar-refractivity contribution in [2.75, 3.05) is 26.2 Å². The van der Waals surface area contributed by atoms with Crippen molar-refractivity contribution in [1.82, 2.24) is 25.4 Å². The number of nitrogens with zero attached hydrogens (tertiary/aromatic N) is 4. The molecule has 0 aliphatic rings. The van der Waals surface area contributed by atoms with E-state index in [1.165, 1.54) is 0 Å². The number of ether oxygens (including phenoxy) is 1. The number of aliphatic hydroxyl groups is 1. The lowest BCUT2D eigenvalue weighted by molar-refractivity contribution is 0.0331. The Kier molecular flexibility index (Phi) is 9.29. The molecule has 2 aromatic rings. The van der Waals surface area contributed by atoms with Crippen LogP contribution < -0.4 is 10.6 Å². The first-order valence-corrected chi connectivity index (χ1v) is 9.41. The zero-order valence-electron chi connectivity index (χ0n) is 16.1. The molecular formula is C19H30N6O2. The van der Waals surface area contributed by atoms with E-state index in [1.807, 2.05) is 41.8 Å². The van der Waals surface area contributed by atoms with Crippen molar-refractivity contribution in [2.45, 2.75) is 39.5 Å². The van der Waals surface area contributed by atoms with Crippen molar-refractivity contribution in [3.8, 4) is 0 Å². The lowest BCUT2D eigenvalue weighted by Crippen LogP contribution is -2.39. The first kappa shape index (κ1) is 20.9. The highest BCUT2D eigenvalue weighted by Crippen LogP contribution is 2.01. The second-order valence-corrected chi connectivity index (χ2v) is 6.10. The molecule has 8 heteroatoms. The molecule has 1 aromatic heterocycles. The van der Waals surface area contributed by atoms with Crippen LogP contribution in [0, 0.1) is 0 Å². The lowest BCUT2D eigenvalue weighted by Gasteiger charge is -2.14. The van der Waals surface area contributed by atoms with E-state index in [4.69, 9.17) is 4.74 Å². The van der Waals surface area contributed by atoms with Crippen molar-refractivity contribution < 1.29 is 9.84 Å². The molecule has 0 saturated heterocycles. The highest BCUT2D eigenvalue weighted by molar-refractivity contribution is 5.79. The summed E-state index contributed by atoms with van der Waals surface area (Å²) in [6.45, 7) is 7.26. The van der Waals surface area contributed by atoms with Crippen LogP contribution in [0.3, 0.4) is 0 Å². The number of aryl methyl sites for hydroxylation is 1. The minimum atomic E-state index is -0.645. The Morgan fingerprint density at radius 2 is 2.07 bits per heavy atom. The largest absolute Gasteiger partial charge is 0.389 e. The molecular weight excluding hydrogens is 344 g/mol. The summed E-state index contributed by atoms with van der Waals surface area (Å²) in [4.78, 5) is 4.42. The molecule has 0 radical (unpaired) electrons. The Morgan fingerprint density at radius 3 is 2.81 bits per heavy atom. The van der Waals surface area contributed by atoms with Crippen molar-refractivity contribution in [2.24, 2.45) is 4.99 Å². The molecule has 1 atom stereocenters. The molecule has 8 nitrogen and oxygen atoms in total. The second kappa shape index (κ2) is 12.0. The van der Waals surface area contributed by atoms with Gasteiger partial charge in [0, 0.05) is 26.1 Å². The van der Waals surface area contributed by atoms with Crippen LogP contribution in [-0.4, -0.2) is 58.2 Å². The fourth-order valence-electron chi connectivity index (χ4n) is 2.51. The van der Waals surface area contributed by atoms with Gasteiger partial charge in [0.05, 0.1) is 25.9 Å². The van der Waals surface area contributed by atoms with Crippen LogP contribution in [0.4, 0.5) is 0 Å². The van der Waals surface area contributed by atoms with Gasteiger partial charge in [-0.25, -0.2) is 0 Å². The number of hydrogen-bond donors (Lipinski definition) is 3. The first-order valence-electron chi connectivity index (χ1n) is 9.41. The summed E-state index contributed by atoms with van der Waals surface area (Å²) < 4.78 is 7.57. The molecule has 0 amide bonds. The van der Waals surface area contributed by atoms with Gasteiger partial charge in [-0.05, 0) is 12.5 Å². The molecule has 27 heavy (non-hydrogen) atoms. The summed E-state index contributed by atoms with van der Waals surface area (Å²) in [6.07, 6.45) is 1.94. The molecule has 148 valence electrons. The molecule has 0 spiro atoms. The van der Waals surface area contributed by atoms with Gasteiger partial charge >= 0.3 is 0 Å². The van der Waals surface area contributed by atoms with Gasteiger partial charge in [0.15, 0.2) is 5.96 Å². The minimum absolute atomic E-state index is 0.248. The standard InChI is InChI=1S/C19H30N6O2/c1-3-18-24-23-15-25(18)11-10-21-19(20-4-2)22-12-17(26)14-27-13-16-8-6-5-7-9-16/h5-9,15,17,26H,3-4,10-14H2,1-2H3,(H2,20,21,22). The summed E-state index contributed by atoms with van der Waals surface area (Å²) in [5.41, 5.74) is 1.09. The van der Waals surface area contributed by atoms with Gasteiger partial charge in [-0.2, -0.15) is 0 Å². The molecule has 1 aromatic carbocycles. The molecule has 0 aliphatic carbocycles. The zero-order valence-corrected chi connectivity index (χ0v) is 16.1. The van der Waals surface area contributed by atoms with Gasteiger partial charge in [0.1, 0.15) is 12.2 Å². The summed E-state index contributed by atoms with van der Waals surface area (Å²) in [7, 11) is 0. The maximum atomic E-state index is 10.1. The van der Waals surface area contributed by atoms with Gasteiger partial charge in [-0.1, -0.05) is 37.3 Å². The van der Waals surface area contributed by atoms with Crippen LogP contribution in [-0.2, 0) is 24.3 Å². The van der Waals surface area contributed by atoms with Crippen molar-refractivity contribution in [3.63, 3.8) is 0 Å². The Bertz CT molecular complexity index is 674. The van der Waals surface area contributed by atoms with E-state index in [-0.39, 0.29) is 13.2 Å². The molecule has 1 unspecified atom stereocenters. The Balaban J connectivity index is 1.71. The Hall–Kier alpha value is -2.45. The molecule has 0 aliphatic heterocycles. The van der Waals surface area contributed by atoms with E-state index in [0.717, 1.165) is 30.9 Å². The number of nitrogens with one attached hydrogen (secondary N) is 2. The van der Waals surface area contributed by atoms with Gasteiger partial charge in [-0.3, -0.25) is 4.99 Å². The molecule has 0 bridgehead atoms. The Morgan fingerprint density at radius 1 is 1.26 bits per heavy atom. The number of hydrogen-bond acceptors (Lipinski definition) is 5. The van der Waals surface area contributed by atoms with Crippen LogP contribution in [0.5, 0.6) is 0 Å². The highest BCUT2D eigenvalue weighted by atomic mass is 16.5. The molecule has 1 heterocycles. The smallest absolute Gasteiger partial charge is 0.191 e.